The number of aliphatic hydroxyl groups is 1. The maximum atomic E-state index is 14.8. The summed E-state index contributed by atoms with van der Waals surface area (Å²) in [6.07, 6.45) is 2.32. The van der Waals surface area contributed by atoms with Gasteiger partial charge in [0.15, 0.2) is 5.78 Å². The number of carbonyl (C=O) groups is 1. The van der Waals surface area contributed by atoms with Gasteiger partial charge in [-0.2, -0.15) is 0 Å². The Morgan fingerprint density at radius 1 is 1.21 bits per heavy atom. The number of halogens is 1. The second kappa shape index (κ2) is 6.81. The zero-order valence-electron chi connectivity index (χ0n) is 19.0. The molecule has 0 saturated carbocycles. The van der Waals surface area contributed by atoms with Gasteiger partial charge in [-0.25, -0.2) is 9.37 Å². The molecule has 2 aliphatic carbocycles. The fraction of sp³-hybridized carbons (Fsp3) is 0.423. The van der Waals surface area contributed by atoms with Gasteiger partial charge in [0, 0.05) is 40.6 Å². The first kappa shape index (κ1) is 20.7. The molecule has 0 spiro atoms. The molecule has 0 amide bonds. The van der Waals surface area contributed by atoms with Gasteiger partial charge in [-0.1, -0.05) is 6.92 Å². The van der Waals surface area contributed by atoms with Crippen LogP contribution in [0.2, 0.25) is 0 Å². The third-order valence-electron chi connectivity index (χ3n) is 8.10. The Kier molecular flexibility index (Phi) is 4.27. The smallest absolute Gasteiger partial charge is 0.254 e. The Balaban J connectivity index is 1.70. The number of aromatic nitrogens is 2. The molecule has 2 atom stereocenters. The molecular weight excluding hydrogens is 421 g/mol. The van der Waals surface area contributed by atoms with Crippen LogP contribution in [0.5, 0.6) is 0 Å². The van der Waals surface area contributed by atoms with Crippen LogP contribution >= 0.6 is 0 Å². The average Bonchev–Trinajstić information content (AvgIpc) is 3.18. The maximum Gasteiger partial charge on any atom is 0.254 e. The number of benzene rings is 1. The zero-order chi connectivity index (χ0) is 23.2. The fourth-order valence-electron chi connectivity index (χ4n) is 6.23. The van der Waals surface area contributed by atoms with Gasteiger partial charge in [-0.05, 0) is 62.4 Å². The number of pyridine rings is 2. The lowest BCUT2D eigenvalue weighted by atomic mass is 9.77. The highest BCUT2D eigenvalue weighted by Gasteiger charge is 2.43. The van der Waals surface area contributed by atoms with Crippen molar-refractivity contribution in [3.05, 3.63) is 61.7 Å². The van der Waals surface area contributed by atoms with Gasteiger partial charge in [0.05, 0.1) is 23.4 Å². The zero-order valence-corrected chi connectivity index (χ0v) is 19.0. The predicted octanol–water partition coefficient (Wildman–Crippen LogP) is 3.19. The molecule has 0 saturated heterocycles. The number of ketones is 1. The van der Waals surface area contributed by atoms with Gasteiger partial charge in [-0.15, -0.1) is 0 Å². The Morgan fingerprint density at radius 2 is 2.00 bits per heavy atom. The number of nitrogens with zero attached hydrogens (tertiary/aromatic N) is 2. The van der Waals surface area contributed by atoms with Crippen LogP contribution in [-0.2, 0) is 29.8 Å². The Hall–Kier alpha value is -2.90. The Bertz CT molecular complexity index is 1460. The molecule has 2 N–H and O–H groups in total. The lowest BCUT2D eigenvalue weighted by Gasteiger charge is -2.32. The first-order chi connectivity index (χ1) is 15.8. The van der Waals surface area contributed by atoms with E-state index in [0.717, 1.165) is 34.9 Å². The van der Waals surface area contributed by atoms with Gasteiger partial charge in [0.2, 0.25) is 0 Å². The summed E-state index contributed by atoms with van der Waals surface area (Å²) in [5.41, 5.74) is 4.64. The predicted molar refractivity (Wildman–Crippen MR) is 123 cm³/mol. The summed E-state index contributed by atoms with van der Waals surface area (Å²) in [6, 6.07) is 3.34. The Morgan fingerprint density at radius 3 is 2.73 bits per heavy atom. The summed E-state index contributed by atoms with van der Waals surface area (Å²) >= 11 is 0. The molecule has 170 valence electrons. The van der Waals surface area contributed by atoms with E-state index < -0.39 is 5.60 Å². The van der Waals surface area contributed by atoms with Gasteiger partial charge < -0.3 is 15.0 Å². The minimum atomic E-state index is -1.65. The van der Waals surface area contributed by atoms with E-state index in [4.69, 9.17) is 4.98 Å². The average molecular weight is 448 g/mol. The summed E-state index contributed by atoms with van der Waals surface area (Å²) in [5, 5.41) is 15.6. The lowest BCUT2D eigenvalue weighted by molar-refractivity contribution is -0.140. The van der Waals surface area contributed by atoms with Gasteiger partial charge in [0.1, 0.15) is 11.4 Å². The summed E-state index contributed by atoms with van der Waals surface area (Å²) in [7, 11) is 1.92. The van der Waals surface area contributed by atoms with Crippen LogP contribution in [0.15, 0.2) is 16.9 Å². The quantitative estimate of drug-likeness (QED) is 0.493. The van der Waals surface area contributed by atoms with Crippen molar-refractivity contribution in [1.29, 1.82) is 0 Å². The summed E-state index contributed by atoms with van der Waals surface area (Å²) in [5.74, 6) is -0.523. The number of Topliss-reactive ketones (excluding diaryl/α,β-unsaturated/α-hetero) is 1. The molecule has 6 rings (SSSR count). The van der Waals surface area contributed by atoms with E-state index in [1.54, 1.807) is 17.6 Å². The molecule has 1 aromatic carbocycles. The second-order valence-corrected chi connectivity index (χ2v) is 9.54. The van der Waals surface area contributed by atoms with Crippen molar-refractivity contribution < 1.29 is 14.3 Å². The van der Waals surface area contributed by atoms with Crippen LogP contribution in [0.4, 0.5) is 4.39 Å². The molecule has 1 aliphatic heterocycles. The van der Waals surface area contributed by atoms with Crippen molar-refractivity contribution in [3.63, 3.8) is 0 Å². The molecule has 7 heteroatoms. The number of rotatable bonds is 2. The third-order valence-corrected chi connectivity index (χ3v) is 8.10. The lowest BCUT2D eigenvalue weighted by Crippen LogP contribution is -2.43. The van der Waals surface area contributed by atoms with Crippen molar-refractivity contribution in [2.45, 2.75) is 64.1 Å². The van der Waals surface area contributed by atoms with Crippen molar-refractivity contribution in [1.82, 2.24) is 14.9 Å². The number of nitrogens with one attached hydrogen (secondary N) is 1. The number of hydrogen-bond donors (Lipinski definition) is 2. The highest BCUT2D eigenvalue weighted by molar-refractivity contribution is 5.94. The van der Waals surface area contributed by atoms with Gasteiger partial charge >= 0.3 is 0 Å². The molecule has 3 aromatic rings. The first-order valence-electron chi connectivity index (χ1n) is 11.6. The van der Waals surface area contributed by atoms with E-state index in [2.05, 4.69) is 5.32 Å². The van der Waals surface area contributed by atoms with E-state index in [-0.39, 0.29) is 36.0 Å². The number of fused-ring (bicyclic) bond motifs is 5. The molecule has 3 heterocycles. The minimum Gasteiger partial charge on any atom is -0.377 e. The van der Waals surface area contributed by atoms with E-state index in [9.17, 15) is 19.1 Å². The SMILES string of the molecule is CC[C@@]1(O)C(=O)CCc2c1cc1n(c2=O)Cc2c-1nc1cc(F)c(C)c3c1c2[C@@H](NC)CC3. The third kappa shape index (κ3) is 2.52. The van der Waals surface area contributed by atoms with Crippen molar-refractivity contribution in [2.75, 3.05) is 7.05 Å². The maximum absolute atomic E-state index is 14.8. The summed E-state index contributed by atoms with van der Waals surface area (Å²) < 4.78 is 16.5. The van der Waals surface area contributed by atoms with Crippen molar-refractivity contribution >= 4 is 16.7 Å². The molecule has 6 nitrogen and oxygen atoms in total. The second-order valence-electron chi connectivity index (χ2n) is 9.54. The van der Waals surface area contributed by atoms with Crippen LogP contribution in [-0.4, -0.2) is 27.5 Å². The molecule has 33 heavy (non-hydrogen) atoms. The molecule has 0 radical (unpaired) electrons. The molecule has 3 aliphatic rings. The first-order valence-corrected chi connectivity index (χ1v) is 11.6. The van der Waals surface area contributed by atoms with E-state index >= 15 is 0 Å². The standard InChI is InChI=1S/C26H26FN3O3/c1-4-26(33)16-9-20-24-15(11-30(20)25(32)14(16)6-8-21(26)31)23-18(28-3)7-5-13-12(2)17(27)10-19(29-24)22(13)23/h9-10,18,28,33H,4-8,11H2,1-3H3/t18-,26-/m0/s1. The number of carbonyl (C=O) groups excluding carboxylic acids is 1. The largest absolute Gasteiger partial charge is 0.377 e. The van der Waals surface area contributed by atoms with Gasteiger partial charge in [-0.3, -0.25) is 9.59 Å². The molecular formula is C26H26FN3O3. The number of aryl methyl sites for hydroxylation is 1. The highest BCUT2D eigenvalue weighted by Crippen LogP contribution is 2.45. The topological polar surface area (TPSA) is 84.2 Å². The van der Waals surface area contributed by atoms with Crippen LogP contribution in [0.25, 0.3) is 22.3 Å². The van der Waals surface area contributed by atoms with E-state index in [1.807, 2.05) is 14.0 Å². The normalized spacial score (nSPS) is 22.9. The van der Waals surface area contributed by atoms with Crippen LogP contribution in [0.3, 0.4) is 0 Å². The summed E-state index contributed by atoms with van der Waals surface area (Å²) in [4.78, 5) is 31.0. The Labute approximate surface area is 190 Å². The van der Waals surface area contributed by atoms with Crippen LogP contribution in [0, 0.1) is 12.7 Å². The molecule has 0 bridgehead atoms. The molecule has 0 fully saturated rings. The van der Waals surface area contributed by atoms with Crippen molar-refractivity contribution in [2.24, 2.45) is 0 Å². The molecule has 0 unspecified atom stereocenters. The van der Waals surface area contributed by atoms with Crippen molar-refractivity contribution in [3.8, 4) is 11.4 Å². The fourth-order valence-corrected chi connectivity index (χ4v) is 6.23. The summed E-state index contributed by atoms with van der Waals surface area (Å²) in [6.45, 7) is 3.96. The van der Waals surface area contributed by atoms with Crippen LogP contribution in [0.1, 0.15) is 65.6 Å². The van der Waals surface area contributed by atoms with Gasteiger partial charge in [0.25, 0.3) is 5.56 Å². The monoisotopic (exact) mass is 447 g/mol. The number of hydrogen-bond acceptors (Lipinski definition) is 5. The molecule has 2 aromatic heterocycles. The van der Waals surface area contributed by atoms with E-state index in [0.29, 0.717) is 46.6 Å². The minimum absolute atomic E-state index is 0.0791. The van der Waals surface area contributed by atoms with E-state index in [1.165, 1.54) is 6.07 Å². The van der Waals surface area contributed by atoms with Crippen LogP contribution < -0.4 is 10.9 Å². The highest BCUT2D eigenvalue weighted by atomic mass is 19.1.